The van der Waals surface area contributed by atoms with Crippen LogP contribution in [-0.4, -0.2) is 25.1 Å². The Morgan fingerprint density at radius 1 is 1.53 bits per heavy atom. The summed E-state index contributed by atoms with van der Waals surface area (Å²) < 4.78 is 24.0. The highest BCUT2D eigenvalue weighted by molar-refractivity contribution is 6.00. The Labute approximate surface area is 99.5 Å². The van der Waals surface area contributed by atoms with Crippen LogP contribution in [0.25, 0.3) is 0 Å². The summed E-state index contributed by atoms with van der Waals surface area (Å²) in [6.45, 7) is 2.30. The second kappa shape index (κ2) is 4.45. The van der Waals surface area contributed by atoms with Gasteiger partial charge in [0.15, 0.2) is 5.78 Å². The third kappa shape index (κ3) is 2.17. The molecule has 92 valence electrons. The number of methoxy groups -OCH3 is 1. The molecule has 0 bridgehead atoms. The molecule has 1 aliphatic rings. The molecule has 4 heteroatoms. The van der Waals surface area contributed by atoms with Gasteiger partial charge in [-0.2, -0.15) is 0 Å². The summed E-state index contributed by atoms with van der Waals surface area (Å²) in [6, 6.07) is 4.02. The van der Waals surface area contributed by atoms with Gasteiger partial charge in [-0.3, -0.25) is 4.79 Å². The van der Waals surface area contributed by atoms with E-state index in [1.807, 2.05) is 6.92 Å². The minimum absolute atomic E-state index is 0.0929. The first-order chi connectivity index (χ1) is 8.10. The number of carbonyl (C=O) groups excluding carboxylic acids is 1. The second-order valence-corrected chi connectivity index (χ2v) is 4.31. The van der Waals surface area contributed by atoms with Crippen LogP contribution in [0, 0.1) is 5.82 Å². The van der Waals surface area contributed by atoms with Crippen LogP contribution >= 0.6 is 0 Å². The predicted molar refractivity (Wildman–Crippen MR) is 60.9 cm³/mol. The average molecular weight is 238 g/mol. The van der Waals surface area contributed by atoms with Gasteiger partial charge in [0.25, 0.3) is 0 Å². The highest BCUT2D eigenvalue weighted by Crippen LogP contribution is 2.35. The van der Waals surface area contributed by atoms with E-state index in [0.29, 0.717) is 24.3 Å². The standard InChI is InChI=1S/C13H15FO3/c1-3-13(8-16-2)7-11(15)10-6-9(14)4-5-12(10)17-13/h4-6H,3,7-8H2,1-2H3. The van der Waals surface area contributed by atoms with Crippen molar-refractivity contribution in [2.24, 2.45) is 0 Å². The number of fused-ring (bicyclic) bond motifs is 1. The Kier molecular flexibility index (Phi) is 3.15. The van der Waals surface area contributed by atoms with Gasteiger partial charge in [0.1, 0.15) is 17.2 Å². The third-order valence-electron chi connectivity index (χ3n) is 3.10. The lowest BCUT2D eigenvalue weighted by atomic mass is 9.88. The van der Waals surface area contributed by atoms with Crippen LogP contribution in [0.1, 0.15) is 30.1 Å². The number of halogens is 1. The highest BCUT2D eigenvalue weighted by Gasteiger charge is 2.39. The molecule has 0 aliphatic carbocycles. The number of Topliss-reactive ketones (excluding diaryl/α,β-unsaturated/α-hetero) is 1. The summed E-state index contributed by atoms with van der Waals surface area (Å²) >= 11 is 0. The Bertz CT molecular complexity index is 444. The molecular weight excluding hydrogens is 223 g/mol. The predicted octanol–water partition coefficient (Wildman–Crippen LogP) is 2.59. The lowest BCUT2D eigenvalue weighted by Crippen LogP contribution is -2.45. The first-order valence-corrected chi connectivity index (χ1v) is 5.61. The van der Waals surface area contributed by atoms with E-state index in [9.17, 15) is 9.18 Å². The molecule has 1 aromatic rings. The van der Waals surface area contributed by atoms with Crippen LogP contribution < -0.4 is 4.74 Å². The van der Waals surface area contributed by atoms with E-state index in [4.69, 9.17) is 9.47 Å². The fourth-order valence-corrected chi connectivity index (χ4v) is 2.11. The zero-order chi connectivity index (χ0) is 12.5. The molecule has 0 saturated heterocycles. The summed E-state index contributed by atoms with van der Waals surface area (Å²) in [5, 5.41) is 0. The molecule has 0 aromatic heterocycles. The van der Waals surface area contributed by atoms with Crippen molar-refractivity contribution in [3.8, 4) is 5.75 Å². The van der Waals surface area contributed by atoms with Crippen LogP contribution in [-0.2, 0) is 4.74 Å². The van der Waals surface area contributed by atoms with E-state index in [1.54, 1.807) is 7.11 Å². The number of carbonyl (C=O) groups is 1. The second-order valence-electron chi connectivity index (χ2n) is 4.31. The van der Waals surface area contributed by atoms with Crippen molar-refractivity contribution in [3.63, 3.8) is 0 Å². The van der Waals surface area contributed by atoms with E-state index in [1.165, 1.54) is 18.2 Å². The lowest BCUT2D eigenvalue weighted by molar-refractivity contribution is -0.0212. The summed E-state index contributed by atoms with van der Waals surface area (Å²) in [7, 11) is 1.57. The monoisotopic (exact) mass is 238 g/mol. The van der Waals surface area contributed by atoms with Crippen molar-refractivity contribution < 1.29 is 18.7 Å². The maximum Gasteiger partial charge on any atom is 0.170 e. The Hall–Kier alpha value is -1.42. The molecule has 0 radical (unpaired) electrons. The molecule has 0 fully saturated rings. The lowest BCUT2D eigenvalue weighted by Gasteiger charge is -2.36. The van der Waals surface area contributed by atoms with E-state index >= 15 is 0 Å². The van der Waals surface area contributed by atoms with Gasteiger partial charge in [0, 0.05) is 7.11 Å². The number of hydrogen-bond donors (Lipinski definition) is 0. The minimum Gasteiger partial charge on any atom is -0.484 e. The molecule has 1 aromatic carbocycles. The third-order valence-corrected chi connectivity index (χ3v) is 3.10. The number of hydrogen-bond acceptors (Lipinski definition) is 3. The largest absolute Gasteiger partial charge is 0.484 e. The Morgan fingerprint density at radius 3 is 2.94 bits per heavy atom. The van der Waals surface area contributed by atoms with Crippen LogP contribution in [0.5, 0.6) is 5.75 Å². The molecule has 2 rings (SSSR count). The number of ketones is 1. The highest BCUT2D eigenvalue weighted by atomic mass is 19.1. The van der Waals surface area contributed by atoms with E-state index in [0.717, 1.165) is 0 Å². The van der Waals surface area contributed by atoms with Gasteiger partial charge in [-0.05, 0) is 24.6 Å². The van der Waals surface area contributed by atoms with Crippen LogP contribution in [0.4, 0.5) is 4.39 Å². The number of rotatable bonds is 3. The normalized spacial score (nSPS) is 23.1. The van der Waals surface area contributed by atoms with E-state index in [-0.39, 0.29) is 12.2 Å². The van der Waals surface area contributed by atoms with Gasteiger partial charge in [0.05, 0.1) is 18.6 Å². The molecule has 1 heterocycles. The molecule has 3 nitrogen and oxygen atoms in total. The summed E-state index contributed by atoms with van der Waals surface area (Å²) in [5.74, 6) is -0.0670. The zero-order valence-corrected chi connectivity index (χ0v) is 9.96. The maximum atomic E-state index is 13.1. The fourth-order valence-electron chi connectivity index (χ4n) is 2.11. The first-order valence-electron chi connectivity index (χ1n) is 5.61. The minimum atomic E-state index is -0.614. The van der Waals surface area contributed by atoms with Crippen molar-refractivity contribution in [2.45, 2.75) is 25.4 Å². The van der Waals surface area contributed by atoms with Gasteiger partial charge < -0.3 is 9.47 Å². The van der Waals surface area contributed by atoms with Gasteiger partial charge in [-0.1, -0.05) is 6.92 Å². The van der Waals surface area contributed by atoms with Gasteiger partial charge in [0.2, 0.25) is 0 Å². The summed E-state index contributed by atoms with van der Waals surface area (Å²) in [5.41, 5.74) is -0.290. The van der Waals surface area contributed by atoms with Gasteiger partial charge in [-0.25, -0.2) is 4.39 Å². The van der Waals surface area contributed by atoms with Crippen molar-refractivity contribution in [1.29, 1.82) is 0 Å². The van der Waals surface area contributed by atoms with Crippen molar-refractivity contribution >= 4 is 5.78 Å². The molecule has 1 aliphatic heterocycles. The molecular formula is C13H15FO3. The van der Waals surface area contributed by atoms with Crippen LogP contribution in [0.3, 0.4) is 0 Å². The Morgan fingerprint density at radius 2 is 2.29 bits per heavy atom. The molecule has 0 amide bonds. The van der Waals surface area contributed by atoms with Crippen LogP contribution in [0.15, 0.2) is 18.2 Å². The molecule has 0 spiro atoms. The van der Waals surface area contributed by atoms with Crippen LogP contribution in [0.2, 0.25) is 0 Å². The Balaban J connectivity index is 2.38. The van der Waals surface area contributed by atoms with Crippen molar-refractivity contribution in [1.82, 2.24) is 0 Å². The molecule has 1 atom stereocenters. The van der Waals surface area contributed by atoms with Crippen molar-refractivity contribution in [2.75, 3.05) is 13.7 Å². The quantitative estimate of drug-likeness (QED) is 0.812. The molecule has 17 heavy (non-hydrogen) atoms. The number of benzene rings is 1. The zero-order valence-electron chi connectivity index (χ0n) is 9.96. The maximum absolute atomic E-state index is 13.1. The van der Waals surface area contributed by atoms with E-state index in [2.05, 4.69) is 0 Å². The fraction of sp³-hybridized carbons (Fsp3) is 0.462. The van der Waals surface area contributed by atoms with Gasteiger partial charge >= 0.3 is 0 Å². The van der Waals surface area contributed by atoms with E-state index < -0.39 is 11.4 Å². The smallest absolute Gasteiger partial charge is 0.170 e. The molecule has 0 saturated carbocycles. The van der Waals surface area contributed by atoms with Gasteiger partial charge in [-0.15, -0.1) is 0 Å². The topological polar surface area (TPSA) is 35.5 Å². The summed E-state index contributed by atoms with van der Waals surface area (Å²) in [6.07, 6.45) is 0.900. The van der Waals surface area contributed by atoms with Crippen molar-refractivity contribution in [3.05, 3.63) is 29.6 Å². The molecule has 0 N–H and O–H groups in total. The first kappa shape index (κ1) is 12.0. The SMILES string of the molecule is CCC1(COC)CC(=O)c2cc(F)ccc2O1. The molecule has 1 unspecified atom stereocenters. The average Bonchev–Trinajstić information content (AvgIpc) is 2.31. The summed E-state index contributed by atoms with van der Waals surface area (Å²) in [4.78, 5) is 12.0. The number of ether oxygens (including phenoxy) is 2.